The largest absolute Gasteiger partial charge is 0.480 e. The third kappa shape index (κ3) is 4.36. The van der Waals surface area contributed by atoms with E-state index in [1.54, 1.807) is 25.1 Å². The van der Waals surface area contributed by atoms with E-state index in [0.29, 0.717) is 23.2 Å². The van der Waals surface area contributed by atoms with Crippen molar-refractivity contribution >= 4 is 38.9 Å². The molecule has 1 aromatic carbocycles. The molecule has 2 heterocycles. The Morgan fingerprint density at radius 2 is 2.00 bits per heavy atom. The van der Waals surface area contributed by atoms with Crippen molar-refractivity contribution in [1.29, 1.82) is 0 Å². The Balaban J connectivity index is 1.96. The number of carbonyl (C=O) groups is 2. The van der Waals surface area contributed by atoms with Gasteiger partial charge in [0.15, 0.2) is 5.54 Å². The summed E-state index contributed by atoms with van der Waals surface area (Å²) in [5.41, 5.74) is 0.347. The molecule has 1 aromatic heterocycles. The molecule has 0 saturated carbocycles. The summed E-state index contributed by atoms with van der Waals surface area (Å²) in [7, 11) is -3.67. The molecule has 30 heavy (non-hydrogen) atoms. The van der Waals surface area contributed by atoms with E-state index in [4.69, 9.17) is 4.74 Å². The summed E-state index contributed by atoms with van der Waals surface area (Å²) in [4.78, 5) is 27.7. The number of hydrogen-bond donors (Lipinski definition) is 1. The van der Waals surface area contributed by atoms with Crippen LogP contribution in [0.5, 0.6) is 0 Å². The number of carboxylic acids is 1. The number of sulfonamides is 1. The van der Waals surface area contributed by atoms with Gasteiger partial charge >= 0.3 is 11.9 Å². The number of carboxylic acid groups (broad SMARTS) is 1. The summed E-state index contributed by atoms with van der Waals surface area (Å²) in [5.74, 6) is -1.59. The lowest BCUT2D eigenvalue weighted by atomic mass is 9.96. The van der Waals surface area contributed by atoms with Crippen LogP contribution in [0.3, 0.4) is 0 Å². The van der Waals surface area contributed by atoms with E-state index in [-0.39, 0.29) is 13.0 Å². The number of aromatic nitrogens is 1. The molecule has 0 spiro atoms. The SMILES string of the molecule is CC(=O)O[C@H](C)c1ccc2ccc(/C=C/[C@]3(C(=O)O)CCCN3S(C)(=O)=O)cc2n1. The smallest absolute Gasteiger partial charge is 0.329 e. The van der Waals surface area contributed by atoms with Crippen molar-refractivity contribution in [2.45, 2.75) is 38.3 Å². The minimum atomic E-state index is -3.67. The van der Waals surface area contributed by atoms with Gasteiger partial charge in [-0.3, -0.25) is 4.79 Å². The third-order valence-electron chi connectivity index (χ3n) is 5.18. The second-order valence-corrected chi connectivity index (χ2v) is 9.35. The maximum atomic E-state index is 12.1. The molecular weight excluding hydrogens is 408 g/mol. The Labute approximate surface area is 175 Å². The van der Waals surface area contributed by atoms with E-state index in [0.717, 1.165) is 15.9 Å². The molecule has 0 bridgehead atoms. The number of pyridine rings is 1. The van der Waals surface area contributed by atoms with E-state index in [1.165, 1.54) is 13.0 Å². The topological polar surface area (TPSA) is 114 Å². The minimum absolute atomic E-state index is 0.173. The molecule has 0 radical (unpaired) electrons. The van der Waals surface area contributed by atoms with Gasteiger partial charge in [-0.15, -0.1) is 0 Å². The fraction of sp³-hybridized carbons (Fsp3) is 0.381. The van der Waals surface area contributed by atoms with Crippen LogP contribution >= 0.6 is 0 Å². The van der Waals surface area contributed by atoms with Gasteiger partial charge in [-0.25, -0.2) is 18.2 Å². The van der Waals surface area contributed by atoms with Crippen LogP contribution in [0.15, 0.2) is 36.4 Å². The molecule has 0 amide bonds. The number of benzene rings is 1. The number of ether oxygens (including phenoxy) is 1. The Morgan fingerprint density at radius 1 is 1.30 bits per heavy atom. The monoisotopic (exact) mass is 432 g/mol. The van der Waals surface area contributed by atoms with Crippen LogP contribution in [-0.2, 0) is 24.3 Å². The zero-order chi connectivity index (χ0) is 22.1. The number of aliphatic carboxylic acids is 1. The van der Waals surface area contributed by atoms with E-state index in [9.17, 15) is 23.1 Å². The highest BCUT2D eigenvalue weighted by atomic mass is 32.2. The zero-order valence-corrected chi connectivity index (χ0v) is 17.8. The molecule has 1 fully saturated rings. The second-order valence-electron chi connectivity index (χ2n) is 7.44. The van der Waals surface area contributed by atoms with Gasteiger partial charge in [0.05, 0.1) is 17.5 Å². The average molecular weight is 432 g/mol. The summed E-state index contributed by atoms with van der Waals surface area (Å²) in [6.45, 7) is 3.24. The predicted molar refractivity (Wildman–Crippen MR) is 112 cm³/mol. The molecule has 160 valence electrons. The Bertz CT molecular complexity index is 1130. The molecule has 2 aromatic rings. The summed E-state index contributed by atoms with van der Waals surface area (Å²) in [6.07, 6.45) is 4.26. The van der Waals surface area contributed by atoms with Crippen molar-refractivity contribution in [3.8, 4) is 0 Å². The fourth-order valence-corrected chi connectivity index (χ4v) is 5.04. The molecule has 1 N–H and O–H groups in total. The van der Waals surface area contributed by atoms with E-state index < -0.39 is 33.6 Å². The minimum Gasteiger partial charge on any atom is -0.480 e. The van der Waals surface area contributed by atoms with Crippen molar-refractivity contribution in [1.82, 2.24) is 9.29 Å². The lowest BCUT2D eigenvalue weighted by molar-refractivity contribution is -0.146. The first-order valence-corrected chi connectivity index (χ1v) is 11.4. The summed E-state index contributed by atoms with van der Waals surface area (Å²) in [5, 5.41) is 10.7. The number of fused-ring (bicyclic) bond motifs is 1. The first kappa shape index (κ1) is 21.9. The van der Waals surface area contributed by atoms with E-state index in [1.807, 2.05) is 18.2 Å². The Kier molecular flexibility index (Phi) is 5.96. The van der Waals surface area contributed by atoms with Crippen molar-refractivity contribution in [3.05, 3.63) is 47.7 Å². The first-order chi connectivity index (χ1) is 14.0. The maximum absolute atomic E-state index is 12.1. The molecule has 0 unspecified atom stereocenters. The molecule has 1 aliphatic heterocycles. The average Bonchev–Trinajstić information content (AvgIpc) is 3.11. The van der Waals surface area contributed by atoms with Gasteiger partial charge in [0, 0.05) is 18.9 Å². The number of nitrogens with zero attached hydrogens (tertiary/aromatic N) is 2. The number of esters is 1. The molecular formula is C21H24N2O6S. The van der Waals surface area contributed by atoms with Crippen LogP contribution in [0.1, 0.15) is 44.1 Å². The molecule has 9 heteroatoms. The van der Waals surface area contributed by atoms with E-state index in [2.05, 4.69) is 4.98 Å². The molecule has 1 aliphatic rings. The van der Waals surface area contributed by atoms with Gasteiger partial charge in [-0.05, 0) is 37.5 Å². The van der Waals surface area contributed by atoms with Crippen molar-refractivity contribution in [3.63, 3.8) is 0 Å². The van der Waals surface area contributed by atoms with Crippen LogP contribution < -0.4 is 0 Å². The van der Waals surface area contributed by atoms with Gasteiger partial charge in [0.25, 0.3) is 0 Å². The molecule has 0 aliphatic carbocycles. The number of hydrogen-bond acceptors (Lipinski definition) is 6. The highest BCUT2D eigenvalue weighted by Gasteiger charge is 2.50. The Morgan fingerprint density at radius 3 is 2.63 bits per heavy atom. The van der Waals surface area contributed by atoms with Crippen molar-refractivity contribution in [2.24, 2.45) is 0 Å². The molecule has 3 rings (SSSR count). The first-order valence-electron chi connectivity index (χ1n) is 9.51. The molecule has 8 nitrogen and oxygen atoms in total. The van der Waals surface area contributed by atoms with Gasteiger partial charge < -0.3 is 9.84 Å². The predicted octanol–water partition coefficient (Wildman–Crippen LogP) is 2.75. The normalized spacial score (nSPS) is 21.2. The van der Waals surface area contributed by atoms with Gasteiger partial charge in [-0.2, -0.15) is 4.31 Å². The second kappa shape index (κ2) is 8.16. The standard InChI is InChI=1S/C21H24N2O6S/c1-14(29-15(2)24)18-8-7-17-6-5-16(13-19(17)22-18)9-11-21(20(25)26)10-4-12-23(21)30(3,27)28/h5-9,11,13-14H,4,10,12H2,1-3H3,(H,25,26)/b11-9+/t14-,21+/m1/s1. The summed E-state index contributed by atoms with van der Waals surface area (Å²) < 4.78 is 30.4. The van der Waals surface area contributed by atoms with E-state index >= 15 is 0 Å². The highest BCUT2D eigenvalue weighted by molar-refractivity contribution is 7.88. The quantitative estimate of drug-likeness (QED) is 0.698. The molecule has 2 atom stereocenters. The zero-order valence-electron chi connectivity index (χ0n) is 17.0. The van der Waals surface area contributed by atoms with Crippen LogP contribution in [0.4, 0.5) is 0 Å². The third-order valence-corrected chi connectivity index (χ3v) is 6.49. The van der Waals surface area contributed by atoms with Gasteiger partial charge in [0.1, 0.15) is 6.10 Å². The lowest BCUT2D eigenvalue weighted by Gasteiger charge is -2.30. The fourth-order valence-electron chi connectivity index (χ4n) is 3.75. The van der Waals surface area contributed by atoms with Crippen molar-refractivity contribution in [2.75, 3.05) is 12.8 Å². The van der Waals surface area contributed by atoms with Crippen LogP contribution in [-0.4, -0.2) is 53.1 Å². The van der Waals surface area contributed by atoms with Gasteiger partial charge in [-0.1, -0.05) is 30.4 Å². The summed E-state index contributed by atoms with van der Waals surface area (Å²) in [6, 6.07) is 9.09. The van der Waals surface area contributed by atoms with Gasteiger partial charge in [0.2, 0.25) is 10.0 Å². The number of rotatable bonds is 6. The molecule has 1 saturated heterocycles. The maximum Gasteiger partial charge on any atom is 0.329 e. The number of carbonyl (C=O) groups excluding carboxylic acids is 1. The van der Waals surface area contributed by atoms with Crippen LogP contribution in [0.2, 0.25) is 0 Å². The Hall–Kier alpha value is -2.78. The van der Waals surface area contributed by atoms with Crippen LogP contribution in [0, 0.1) is 0 Å². The van der Waals surface area contributed by atoms with Crippen LogP contribution in [0.25, 0.3) is 17.0 Å². The summed E-state index contributed by atoms with van der Waals surface area (Å²) >= 11 is 0. The lowest BCUT2D eigenvalue weighted by Crippen LogP contribution is -2.51. The highest BCUT2D eigenvalue weighted by Crippen LogP contribution is 2.34. The van der Waals surface area contributed by atoms with Crippen molar-refractivity contribution < 1.29 is 27.9 Å².